The number of carbonyl (C=O) groups excluding carboxylic acids is 1. The van der Waals surface area contributed by atoms with Crippen molar-refractivity contribution in [3.05, 3.63) is 59.9 Å². The molecule has 0 spiro atoms. The van der Waals surface area contributed by atoms with Crippen LogP contribution in [0.5, 0.6) is 0 Å². The fourth-order valence-electron chi connectivity index (χ4n) is 1.93. The van der Waals surface area contributed by atoms with E-state index in [9.17, 15) is 4.79 Å². The summed E-state index contributed by atoms with van der Waals surface area (Å²) in [6, 6.07) is 14.7. The van der Waals surface area contributed by atoms with E-state index < -0.39 is 0 Å². The summed E-state index contributed by atoms with van der Waals surface area (Å²) in [5.74, 6) is 0.568. The molecule has 0 saturated heterocycles. The lowest BCUT2D eigenvalue weighted by molar-refractivity contribution is -0.113. The first-order valence-electron chi connectivity index (χ1n) is 6.76. The van der Waals surface area contributed by atoms with Crippen molar-refractivity contribution < 1.29 is 9.21 Å². The normalized spacial score (nSPS) is 10.5. The minimum Gasteiger partial charge on any atom is -0.423 e. The van der Waals surface area contributed by atoms with Crippen LogP contribution in [0.1, 0.15) is 0 Å². The zero-order chi connectivity index (χ0) is 16.1. The molecule has 3 rings (SSSR count). The van der Waals surface area contributed by atoms with E-state index >= 15 is 0 Å². The van der Waals surface area contributed by atoms with Gasteiger partial charge in [0.05, 0.1) is 10.8 Å². The van der Waals surface area contributed by atoms with Crippen LogP contribution < -0.4 is 5.32 Å². The molecule has 5 nitrogen and oxygen atoms in total. The van der Waals surface area contributed by atoms with Gasteiger partial charge in [0.2, 0.25) is 18.2 Å². The molecule has 2 aromatic carbocycles. The molecule has 0 aliphatic rings. The Morgan fingerprint density at radius 1 is 1.22 bits per heavy atom. The van der Waals surface area contributed by atoms with Gasteiger partial charge in [-0.1, -0.05) is 29.8 Å². The van der Waals surface area contributed by atoms with Crippen LogP contribution in [0.3, 0.4) is 0 Å². The van der Waals surface area contributed by atoms with Crippen molar-refractivity contribution in [2.45, 2.75) is 4.90 Å². The molecule has 3 aromatic rings. The summed E-state index contributed by atoms with van der Waals surface area (Å²) in [4.78, 5) is 12.9. The summed E-state index contributed by atoms with van der Waals surface area (Å²) in [6.45, 7) is 0. The third-order valence-electron chi connectivity index (χ3n) is 2.95. The summed E-state index contributed by atoms with van der Waals surface area (Å²) in [5.41, 5.74) is 1.42. The van der Waals surface area contributed by atoms with Crippen LogP contribution >= 0.6 is 23.4 Å². The Hall–Kier alpha value is -2.31. The highest BCUT2D eigenvalue weighted by atomic mass is 35.5. The fourth-order valence-corrected chi connectivity index (χ4v) is 2.97. The first-order valence-corrected chi connectivity index (χ1v) is 8.12. The fraction of sp³-hybridized carbons (Fsp3) is 0.0625. The lowest BCUT2D eigenvalue weighted by Gasteiger charge is -2.07. The van der Waals surface area contributed by atoms with E-state index in [0.717, 1.165) is 10.5 Å². The molecule has 1 aromatic heterocycles. The maximum atomic E-state index is 12.1. The zero-order valence-corrected chi connectivity index (χ0v) is 13.5. The number of thioether (sulfide) groups is 1. The molecule has 1 N–H and O–H groups in total. The van der Waals surface area contributed by atoms with Gasteiger partial charge in [-0.25, -0.2) is 0 Å². The lowest BCUT2D eigenvalue weighted by atomic mass is 10.2. The van der Waals surface area contributed by atoms with Gasteiger partial charge in [0.15, 0.2) is 0 Å². The van der Waals surface area contributed by atoms with E-state index in [1.165, 1.54) is 18.2 Å². The first kappa shape index (κ1) is 15.6. The summed E-state index contributed by atoms with van der Waals surface area (Å²) in [5, 5.41) is 11.0. The van der Waals surface area contributed by atoms with E-state index in [4.69, 9.17) is 16.0 Å². The maximum Gasteiger partial charge on any atom is 0.247 e. The highest BCUT2D eigenvalue weighted by Gasteiger charge is 2.08. The van der Waals surface area contributed by atoms with Crippen LogP contribution in [0.2, 0.25) is 5.02 Å². The topological polar surface area (TPSA) is 68.0 Å². The van der Waals surface area contributed by atoms with Crippen LogP contribution in [0.4, 0.5) is 5.69 Å². The van der Waals surface area contributed by atoms with Crippen LogP contribution in [-0.2, 0) is 4.79 Å². The van der Waals surface area contributed by atoms with Gasteiger partial charge in [-0.05, 0) is 30.3 Å². The summed E-state index contributed by atoms with van der Waals surface area (Å²) in [7, 11) is 0. The molecule has 1 amide bonds. The third kappa shape index (κ3) is 4.12. The number of hydrogen-bond acceptors (Lipinski definition) is 5. The predicted molar refractivity (Wildman–Crippen MR) is 90.5 cm³/mol. The number of amides is 1. The molecule has 116 valence electrons. The van der Waals surface area contributed by atoms with Crippen LogP contribution in [-0.4, -0.2) is 21.9 Å². The largest absolute Gasteiger partial charge is 0.423 e. The molecule has 0 bridgehead atoms. The number of benzene rings is 2. The molecule has 23 heavy (non-hydrogen) atoms. The Bertz CT molecular complexity index is 809. The molecular formula is C16H12ClN3O2S. The quantitative estimate of drug-likeness (QED) is 0.704. The lowest BCUT2D eigenvalue weighted by Crippen LogP contribution is -2.13. The Kier molecular flexibility index (Phi) is 4.95. The van der Waals surface area contributed by atoms with Gasteiger partial charge in [-0.2, -0.15) is 0 Å². The van der Waals surface area contributed by atoms with Crippen molar-refractivity contribution in [2.24, 2.45) is 0 Å². The third-order valence-corrected chi connectivity index (χ3v) is 4.46. The van der Waals surface area contributed by atoms with Crippen molar-refractivity contribution in [3.63, 3.8) is 0 Å². The van der Waals surface area contributed by atoms with Gasteiger partial charge < -0.3 is 9.73 Å². The number of nitrogens with zero attached hydrogens (tertiary/aromatic N) is 2. The number of anilines is 1. The molecule has 7 heteroatoms. The Balaban J connectivity index is 1.62. The monoisotopic (exact) mass is 345 g/mol. The SMILES string of the molecule is O=C(CSc1ccccc1Cl)Nc1cccc(-c2nnco2)c1. The smallest absolute Gasteiger partial charge is 0.247 e. The van der Waals surface area contributed by atoms with Crippen LogP contribution in [0, 0.1) is 0 Å². The van der Waals surface area contributed by atoms with E-state index in [-0.39, 0.29) is 11.7 Å². The van der Waals surface area contributed by atoms with Crippen molar-refractivity contribution in [3.8, 4) is 11.5 Å². The van der Waals surface area contributed by atoms with Gasteiger partial charge >= 0.3 is 0 Å². The zero-order valence-electron chi connectivity index (χ0n) is 11.9. The van der Waals surface area contributed by atoms with Gasteiger partial charge in [0.25, 0.3) is 0 Å². The van der Waals surface area contributed by atoms with Gasteiger partial charge in [-0.3, -0.25) is 4.79 Å². The summed E-state index contributed by atoms with van der Waals surface area (Å²) in [6.07, 6.45) is 1.26. The number of halogens is 1. The second-order valence-electron chi connectivity index (χ2n) is 4.59. The molecule has 0 fully saturated rings. The molecule has 0 atom stereocenters. The van der Waals surface area contributed by atoms with Crippen molar-refractivity contribution in [2.75, 3.05) is 11.1 Å². The van der Waals surface area contributed by atoms with Gasteiger partial charge in [0.1, 0.15) is 0 Å². The average molecular weight is 346 g/mol. The number of aromatic nitrogens is 2. The first-order chi connectivity index (χ1) is 11.2. The molecule has 0 unspecified atom stereocenters. The van der Waals surface area contributed by atoms with E-state index in [0.29, 0.717) is 16.6 Å². The van der Waals surface area contributed by atoms with Crippen LogP contribution in [0.25, 0.3) is 11.5 Å². The Morgan fingerprint density at radius 2 is 2.09 bits per heavy atom. The van der Waals surface area contributed by atoms with Crippen molar-refractivity contribution in [1.82, 2.24) is 10.2 Å². The molecule has 0 aliphatic carbocycles. The van der Waals surface area contributed by atoms with E-state index in [1.54, 1.807) is 18.2 Å². The second-order valence-corrected chi connectivity index (χ2v) is 6.02. The molecule has 0 radical (unpaired) electrons. The Morgan fingerprint density at radius 3 is 2.87 bits per heavy atom. The molecule has 1 heterocycles. The number of hydrogen-bond donors (Lipinski definition) is 1. The second kappa shape index (κ2) is 7.30. The van der Waals surface area contributed by atoms with E-state index in [1.807, 2.05) is 30.3 Å². The van der Waals surface area contributed by atoms with Crippen molar-refractivity contribution >= 4 is 35.0 Å². The maximum absolute atomic E-state index is 12.1. The van der Waals surface area contributed by atoms with Gasteiger partial charge in [0, 0.05) is 16.1 Å². The average Bonchev–Trinajstić information content (AvgIpc) is 3.09. The van der Waals surface area contributed by atoms with Crippen LogP contribution in [0.15, 0.2) is 64.2 Å². The predicted octanol–water partition coefficient (Wildman–Crippen LogP) is 4.12. The molecule has 0 saturated carbocycles. The highest BCUT2D eigenvalue weighted by molar-refractivity contribution is 8.00. The minimum atomic E-state index is -0.113. The summed E-state index contributed by atoms with van der Waals surface area (Å²) < 4.78 is 5.14. The number of nitrogens with one attached hydrogen (secondary N) is 1. The van der Waals surface area contributed by atoms with E-state index in [2.05, 4.69) is 15.5 Å². The Labute approximate surface area is 142 Å². The number of rotatable bonds is 5. The minimum absolute atomic E-state index is 0.113. The van der Waals surface area contributed by atoms with Gasteiger partial charge in [-0.15, -0.1) is 22.0 Å². The number of carbonyl (C=O) groups is 1. The van der Waals surface area contributed by atoms with Crippen molar-refractivity contribution in [1.29, 1.82) is 0 Å². The standard InChI is InChI=1S/C16H12ClN3O2S/c17-13-6-1-2-7-14(13)23-9-15(21)19-12-5-3-4-11(8-12)16-20-18-10-22-16/h1-8,10H,9H2,(H,19,21). The highest BCUT2D eigenvalue weighted by Crippen LogP contribution is 2.27. The molecule has 0 aliphatic heterocycles. The molecular weight excluding hydrogens is 334 g/mol. The summed E-state index contributed by atoms with van der Waals surface area (Å²) >= 11 is 7.46.